The summed E-state index contributed by atoms with van der Waals surface area (Å²) in [4.78, 5) is 45.6. The molecule has 4 rings (SSSR count). The molecule has 2 heterocycles. The lowest BCUT2D eigenvalue weighted by molar-refractivity contribution is -0.159. The Balaban J connectivity index is 1.65. The molecule has 38 heavy (non-hydrogen) atoms. The van der Waals surface area contributed by atoms with Crippen LogP contribution in [0.1, 0.15) is 67.2 Å². The molecule has 8 heteroatoms. The first kappa shape index (κ1) is 27.4. The zero-order valence-corrected chi connectivity index (χ0v) is 22.7. The molecule has 202 valence electrons. The quantitative estimate of drug-likeness (QED) is 0.308. The van der Waals surface area contributed by atoms with Crippen LogP contribution in [0.25, 0.3) is 10.9 Å². The number of fused-ring (bicyclic) bond motifs is 3. The summed E-state index contributed by atoms with van der Waals surface area (Å²) in [6.07, 6.45) is 2.15. The predicted molar refractivity (Wildman–Crippen MR) is 148 cm³/mol. The van der Waals surface area contributed by atoms with Crippen molar-refractivity contribution in [1.82, 2.24) is 15.2 Å². The number of carbonyl (C=O) groups is 3. The Bertz CT molecular complexity index is 1310. The maximum Gasteiger partial charge on any atom is 0.329 e. The Morgan fingerprint density at radius 2 is 1.82 bits per heavy atom. The van der Waals surface area contributed by atoms with Gasteiger partial charge in [0.1, 0.15) is 17.7 Å². The Morgan fingerprint density at radius 1 is 1.11 bits per heavy atom. The predicted octanol–water partition coefficient (Wildman–Crippen LogP) is 4.00. The number of aromatic amines is 1. The number of nitrogens with two attached hydrogens (primary N) is 1. The monoisotopic (exact) mass is 518 g/mol. The number of aromatic nitrogens is 1. The van der Waals surface area contributed by atoms with Crippen molar-refractivity contribution in [3.05, 3.63) is 70.9 Å². The number of aryl methyl sites for hydroxylation is 1. The Kier molecular flexibility index (Phi) is 8.21. The molecule has 2 unspecified atom stereocenters. The van der Waals surface area contributed by atoms with E-state index in [2.05, 4.69) is 10.3 Å². The van der Waals surface area contributed by atoms with Crippen molar-refractivity contribution in [2.75, 3.05) is 6.54 Å². The molecule has 2 aromatic carbocycles. The van der Waals surface area contributed by atoms with E-state index in [1.54, 1.807) is 37.8 Å². The van der Waals surface area contributed by atoms with Crippen LogP contribution in [0.5, 0.6) is 0 Å². The molecule has 8 nitrogen and oxygen atoms in total. The molecular formula is C30H38N4O4. The number of hydrogen-bond acceptors (Lipinski definition) is 5. The average Bonchev–Trinajstić information content (AvgIpc) is 3.24. The number of amides is 2. The van der Waals surface area contributed by atoms with Gasteiger partial charge in [-0.15, -0.1) is 0 Å². The van der Waals surface area contributed by atoms with E-state index in [0.717, 1.165) is 34.1 Å². The first-order valence-electron chi connectivity index (χ1n) is 13.3. The molecule has 0 radical (unpaired) electrons. The Hall–Kier alpha value is -3.65. The van der Waals surface area contributed by atoms with E-state index in [4.69, 9.17) is 10.5 Å². The van der Waals surface area contributed by atoms with Gasteiger partial charge in [-0.25, -0.2) is 4.79 Å². The summed E-state index contributed by atoms with van der Waals surface area (Å²) in [5, 5.41) is 3.96. The highest BCUT2D eigenvalue weighted by Crippen LogP contribution is 2.31. The zero-order chi connectivity index (χ0) is 27.4. The van der Waals surface area contributed by atoms with Crippen molar-refractivity contribution >= 4 is 28.7 Å². The molecule has 0 saturated carbocycles. The third-order valence-corrected chi connectivity index (χ3v) is 6.82. The molecule has 0 spiro atoms. The Labute approximate surface area is 223 Å². The minimum Gasteiger partial charge on any atom is -0.458 e. The fourth-order valence-corrected chi connectivity index (χ4v) is 4.90. The van der Waals surface area contributed by atoms with Crippen molar-refractivity contribution in [2.45, 2.75) is 77.6 Å². The lowest BCUT2D eigenvalue weighted by Gasteiger charge is -2.36. The van der Waals surface area contributed by atoms with Crippen LogP contribution in [0.2, 0.25) is 0 Å². The fourth-order valence-electron chi connectivity index (χ4n) is 4.90. The largest absolute Gasteiger partial charge is 0.458 e. The van der Waals surface area contributed by atoms with Crippen LogP contribution in [0.3, 0.4) is 0 Å². The van der Waals surface area contributed by atoms with Gasteiger partial charge >= 0.3 is 5.97 Å². The molecule has 0 bridgehead atoms. The van der Waals surface area contributed by atoms with E-state index < -0.39 is 23.7 Å². The van der Waals surface area contributed by atoms with Gasteiger partial charge in [-0.3, -0.25) is 9.59 Å². The number of nitrogens with zero attached hydrogens (tertiary/aromatic N) is 1. The summed E-state index contributed by atoms with van der Waals surface area (Å²) in [5.41, 5.74) is 9.43. The molecule has 1 aliphatic rings. The van der Waals surface area contributed by atoms with Crippen LogP contribution in [-0.4, -0.2) is 51.9 Å². The number of benzene rings is 2. The lowest BCUT2D eigenvalue weighted by atomic mass is 9.94. The third-order valence-electron chi connectivity index (χ3n) is 6.82. The number of unbranched alkanes of at least 4 members (excludes halogenated alkanes) is 1. The van der Waals surface area contributed by atoms with Gasteiger partial charge in [-0.1, -0.05) is 35.9 Å². The summed E-state index contributed by atoms with van der Waals surface area (Å²) in [6, 6.07) is 13.7. The first-order chi connectivity index (χ1) is 18.1. The van der Waals surface area contributed by atoms with Crippen molar-refractivity contribution < 1.29 is 19.1 Å². The van der Waals surface area contributed by atoms with Gasteiger partial charge in [0.15, 0.2) is 0 Å². The van der Waals surface area contributed by atoms with Gasteiger partial charge < -0.3 is 25.7 Å². The van der Waals surface area contributed by atoms with E-state index >= 15 is 0 Å². The van der Waals surface area contributed by atoms with Gasteiger partial charge in [-0.05, 0) is 77.3 Å². The molecule has 1 aliphatic heterocycles. The fraction of sp³-hybridized carbons (Fsp3) is 0.433. The highest BCUT2D eigenvalue weighted by molar-refractivity contribution is 5.99. The van der Waals surface area contributed by atoms with Crippen LogP contribution in [0.4, 0.5) is 0 Å². The summed E-state index contributed by atoms with van der Waals surface area (Å²) < 4.78 is 5.60. The second-order valence-electron chi connectivity index (χ2n) is 11.0. The van der Waals surface area contributed by atoms with Crippen molar-refractivity contribution in [1.29, 1.82) is 0 Å². The van der Waals surface area contributed by atoms with E-state index in [9.17, 15) is 14.4 Å². The van der Waals surface area contributed by atoms with Gasteiger partial charge in [0.05, 0.1) is 6.54 Å². The molecule has 0 aliphatic carbocycles. The van der Waals surface area contributed by atoms with Crippen LogP contribution in [-0.2, 0) is 27.3 Å². The average molecular weight is 519 g/mol. The minimum atomic E-state index is -0.825. The normalized spacial score (nSPS) is 16.1. The molecular weight excluding hydrogens is 480 g/mol. The highest BCUT2D eigenvalue weighted by atomic mass is 16.6. The topological polar surface area (TPSA) is 118 Å². The number of para-hydroxylation sites is 1. The number of nitrogens with one attached hydrogen (secondary N) is 2. The molecule has 3 aromatic rings. The SMILES string of the molecule is Cc1ccc(C(=O)N2Cc3[nH]c4ccccc4c3CC2C(=O)NC(CCCCN)C(=O)OC(C)(C)C)cc1. The first-order valence-corrected chi connectivity index (χ1v) is 13.3. The van der Waals surface area contributed by atoms with Crippen LogP contribution in [0.15, 0.2) is 48.5 Å². The van der Waals surface area contributed by atoms with Gasteiger partial charge in [-0.2, -0.15) is 0 Å². The number of rotatable bonds is 8. The number of esters is 1. The summed E-state index contributed by atoms with van der Waals surface area (Å²) >= 11 is 0. The Morgan fingerprint density at radius 3 is 2.50 bits per heavy atom. The molecule has 2 amide bonds. The van der Waals surface area contributed by atoms with E-state index in [0.29, 0.717) is 31.4 Å². The van der Waals surface area contributed by atoms with Crippen molar-refractivity contribution in [2.24, 2.45) is 5.73 Å². The van der Waals surface area contributed by atoms with E-state index in [1.807, 2.05) is 43.3 Å². The number of carbonyl (C=O) groups excluding carboxylic acids is 3. The standard InChI is InChI=1S/C30H38N4O4/c1-19-12-14-20(15-13-19)28(36)34-18-25-22(21-9-5-6-10-23(21)32-25)17-26(34)27(35)33-24(11-7-8-16-31)29(37)38-30(2,3)4/h5-6,9-10,12-15,24,26,32H,7-8,11,16-18,31H2,1-4H3,(H,33,35). The number of H-pyrrole nitrogens is 1. The second kappa shape index (κ2) is 11.4. The van der Waals surface area contributed by atoms with E-state index in [1.165, 1.54) is 0 Å². The molecule has 0 fully saturated rings. The van der Waals surface area contributed by atoms with Gasteiger partial charge in [0.2, 0.25) is 5.91 Å². The molecule has 4 N–H and O–H groups in total. The molecule has 2 atom stereocenters. The third kappa shape index (κ3) is 6.25. The number of hydrogen-bond donors (Lipinski definition) is 3. The van der Waals surface area contributed by atoms with Gasteiger partial charge in [0.25, 0.3) is 5.91 Å². The van der Waals surface area contributed by atoms with Crippen molar-refractivity contribution in [3.8, 4) is 0 Å². The summed E-state index contributed by atoms with van der Waals surface area (Å²) in [7, 11) is 0. The van der Waals surface area contributed by atoms with Gasteiger partial charge in [0, 0.05) is 28.6 Å². The summed E-state index contributed by atoms with van der Waals surface area (Å²) in [6.45, 7) is 8.12. The van der Waals surface area contributed by atoms with Crippen LogP contribution >= 0.6 is 0 Å². The smallest absolute Gasteiger partial charge is 0.329 e. The van der Waals surface area contributed by atoms with Crippen LogP contribution in [0, 0.1) is 6.92 Å². The highest BCUT2D eigenvalue weighted by Gasteiger charge is 2.38. The maximum absolute atomic E-state index is 13.8. The minimum absolute atomic E-state index is 0.230. The second-order valence-corrected chi connectivity index (χ2v) is 11.0. The van der Waals surface area contributed by atoms with Crippen molar-refractivity contribution in [3.63, 3.8) is 0 Å². The van der Waals surface area contributed by atoms with E-state index in [-0.39, 0.29) is 18.4 Å². The lowest BCUT2D eigenvalue weighted by Crippen LogP contribution is -2.56. The number of ether oxygens (including phenoxy) is 1. The molecule has 1 aromatic heterocycles. The zero-order valence-electron chi connectivity index (χ0n) is 22.7. The maximum atomic E-state index is 13.8. The molecule has 0 saturated heterocycles. The van der Waals surface area contributed by atoms with Crippen LogP contribution < -0.4 is 11.1 Å². The summed E-state index contributed by atoms with van der Waals surface area (Å²) in [5.74, 6) is -1.08.